The molecule has 0 saturated heterocycles. The summed E-state index contributed by atoms with van der Waals surface area (Å²) in [6.07, 6.45) is 18.8. The van der Waals surface area contributed by atoms with Gasteiger partial charge in [-0.2, -0.15) is 0 Å². The van der Waals surface area contributed by atoms with Gasteiger partial charge < -0.3 is 16.0 Å². The third-order valence-electron chi connectivity index (χ3n) is 11.5. The second-order valence-electron chi connectivity index (χ2n) is 15.0. The number of benzene rings is 4. The number of anilines is 3. The Labute approximate surface area is 302 Å². The topological polar surface area (TPSA) is 87.3 Å². The summed E-state index contributed by atoms with van der Waals surface area (Å²) in [6.45, 7) is 0. The van der Waals surface area contributed by atoms with Crippen molar-refractivity contribution >= 4 is 34.8 Å². The molecule has 51 heavy (non-hydrogen) atoms. The predicted octanol–water partition coefficient (Wildman–Crippen LogP) is 11.6. The Morgan fingerprint density at radius 2 is 0.588 bits per heavy atom. The average molecular weight is 682 g/mol. The van der Waals surface area contributed by atoms with Crippen LogP contribution in [0.1, 0.15) is 162 Å². The molecule has 4 aromatic carbocycles. The van der Waals surface area contributed by atoms with Gasteiger partial charge in [-0.15, -0.1) is 0 Å². The zero-order valence-corrected chi connectivity index (χ0v) is 29.7. The van der Waals surface area contributed by atoms with Gasteiger partial charge in [0.2, 0.25) is 0 Å². The highest BCUT2D eigenvalue weighted by Gasteiger charge is 2.21. The standard InChI is InChI=1S/C45H51N3O3/c49-43(46-40-22-16-34(17-23-40)31-10-4-1-5-11-31)37-28-38(44(50)47-41-24-18-35(19-25-41)32-12-6-2-7-13-32)30-39(29-37)45(51)48-42-26-20-36(21-27-42)33-14-8-3-9-15-33/h16-33H,1-15H2,(H,46,49)(H,47,50)(H,48,51). The Morgan fingerprint density at radius 3 is 0.824 bits per heavy atom. The molecular formula is C45H51N3O3. The van der Waals surface area contributed by atoms with Crippen molar-refractivity contribution in [3.05, 3.63) is 124 Å². The van der Waals surface area contributed by atoms with Gasteiger partial charge in [-0.25, -0.2) is 0 Å². The van der Waals surface area contributed by atoms with Crippen LogP contribution in [-0.2, 0) is 0 Å². The number of amides is 3. The van der Waals surface area contributed by atoms with Crippen molar-refractivity contribution < 1.29 is 14.4 Å². The van der Waals surface area contributed by atoms with Crippen molar-refractivity contribution in [2.75, 3.05) is 16.0 Å². The van der Waals surface area contributed by atoms with E-state index < -0.39 is 0 Å². The molecule has 0 atom stereocenters. The molecule has 0 unspecified atom stereocenters. The number of hydrogen-bond acceptors (Lipinski definition) is 3. The Kier molecular flexibility index (Phi) is 11.3. The normalized spacial score (nSPS) is 17.4. The van der Waals surface area contributed by atoms with Crippen LogP contribution >= 0.6 is 0 Å². The van der Waals surface area contributed by atoms with Crippen LogP contribution in [0.5, 0.6) is 0 Å². The molecule has 0 heterocycles. The van der Waals surface area contributed by atoms with Crippen molar-refractivity contribution in [2.45, 2.75) is 114 Å². The molecule has 3 aliphatic rings. The fraction of sp³-hybridized carbons (Fsp3) is 0.400. The highest BCUT2D eigenvalue weighted by Crippen LogP contribution is 2.35. The van der Waals surface area contributed by atoms with Crippen LogP contribution < -0.4 is 16.0 Å². The number of carbonyl (C=O) groups excluding carboxylic acids is 3. The molecule has 0 bridgehead atoms. The smallest absolute Gasteiger partial charge is 0.255 e. The molecule has 3 saturated carbocycles. The maximum absolute atomic E-state index is 13.7. The third-order valence-corrected chi connectivity index (χ3v) is 11.5. The summed E-state index contributed by atoms with van der Waals surface area (Å²) in [6, 6.07) is 29.0. The van der Waals surface area contributed by atoms with E-state index in [1.54, 1.807) is 18.2 Å². The SMILES string of the molecule is O=C(Nc1ccc(C2CCCCC2)cc1)c1cc(C(=O)Nc2ccc(C3CCCCC3)cc2)cc(C(=O)Nc2ccc(C3CCCCC3)cc2)c1. The summed E-state index contributed by atoms with van der Waals surface area (Å²) in [5, 5.41) is 8.98. The minimum Gasteiger partial charge on any atom is -0.322 e. The van der Waals surface area contributed by atoms with E-state index in [0.29, 0.717) is 34.8 Å². The van der Waals surface area contributed by atoms with Crippen LogP contribution in [0.3, 0.4) is 0 Å². The van der Waals surface area contributed by atoms with Crippen LogP contribution in [0.25, 0.3) is 0 Å². The number of nitrogens with one attached hydrogen (secondary N) is 3. The fourth-order valence-corrected chi connectivity index (χ4v) is 8.45. The summed E-state index contributed by atoms with van der Waals surface area (Å²) in [5.41, 5.74) is 6.68. The molecule has 7 rings (SSSR count). The maximum atomic E-state index is 13.7. The Morgan fingerprint density at radius 1 is 0.353 bits per heavy atom. The lowest BCUT2D eigenvalue weighted by atomic mass is 9.84. The first-order valence-electron chi connectivity index (χ1n) is 19.4. The summed E-state index contributed by atoms with van der Waals surface area (Å²) >= 11 is 0. The van der Waals surface area contributed by atoms with Gasteiger partial charge in [0.15, 0.2) is 0 Å². The molecule has 264 valence electrons. The summed E-state index contributed by atoms with van der Waals surface area (Å²) < 4.78 is 0. The van der Waals surface area contributed by atoms with Crippen LogP contribution in [0.15, 0.2) is 91.0 Å². The molecular weight excluding hydrogens is 631 g/mol. The van der Waals surface area contributed by atoms with E-state index in [1.807, 2.05) is 36.4 Å². The van der Waals surface area contributed by atoms with Crippen LogP contribution in [-0.4, -0.2) is 17.7 Å². The van der Waals surface area contributed by atoms with Gasteiger partial charge in [-0.05, 0) is 128 Å². The van der Waals surface area contributed by atoms with Crippen LogP contribution in [0.4, 0.5) is 17.1 Å². The van der Waals surface area contributed by atoms with Crippen LogP contribution in [0.2, 0.25) is 0 Å². The average Bonchev–Trinajstić information content (AvgIpc) is 3.19. The molecule has 3 aliphatic carbocycles. The van der Waals surface area contributed by atoms with Gasteiger partial charge >= 0.3 is 0 Å². The first-order valence-corrected chi connectivity index (χ1v) is 19.4. The van der Waals surface area contributed by atoms with Crippen LogP contribution in [0, 0.1) is 0 Å². The van der Waals surface area contributed by atoms with Gasteiger partial charge in [0.1, 0.15) is 0 Å². The molecule has 0 radical (unpaired) electrons. The summed E-state index contributed by atoms with van der Waals surface area (Å²) in [7, 11) is 0. The second kappa shape index (κ2) is 16.5. The number of hydrogen-bond donors (Lipinski definition) is 3. The number of rotatable bonds is 9. The molecule has 6 heteroatoms. The molecule has 6 nitrogen and oxygen atoms in total. The molecule has 3 fully saturated rings. The van der Waals surface area contributed by atoms with Gasteiger partial charge in [0, 0.05) is 33.8 Å². The van der Waals surface area contributed by atoms with Gasteiger partial charge in [-0.1, -0.05) is 94.2 Å². The van der Waals surface area contributed by atoms with E-state index in [9.17, 15) is 14.4 Å². The highest BCUT2D eigenvalue weighted by molar-refractivity contribution is 6.13. The fourth-order valence-electron chi connectivity index (χ4n) is 8.45. The van der Waals surface area contributed by atoms with Gasteiger partial charge in [-0.3, -0.25) is 14.4 Å². The summed E-state index contributed by atoms with van der Waals surface area (Å²) in [5.74, 6) is 0.596. The minimum absolute atomic E-state index is 0.240. The lowest BCUT2D eigenvalue weighted by Crippen LogP contribution is -2.19. The quantitative estimate of drug-likeness (QED) is 0.164. The molecule has 0 spiro atoms. The molecule has 4 aromatic rings. The summed E-state index contributed by atoms with van der Waals surface area (Å²) in [4.78, 5) is 41.0. The van der Waals surface area contributed by atoms with Gasteiger partial charge in [0.25, 0.3) is 17.7 Å². The monoisotopic (exact) mass is 681 g/mol. The first kappa shape index (κ1) is 34.7. The minimum atomic E-state index is -0.377. The Hall–Kier alpha value is -4.71. The zero-order chi connectivity index (χ0) is 35.0. The Bertz CT molecular complexity index is 1570. The van der Waals surface area contributed by atoms with E-state index >= 15 is 0 Å². The van der Waals surface area contributed by atoms with E-state index in [4.69, 9.17) is 0 Å². The Balaban J connectivity index is 1.09. The van der Waals surface area contributed by atoms with E-state index in [1.165, 1.54) is 113 Å². The van der Waals surface area contributed by atoms with Crippen molar-refractivity contribution in [1.82, 2.24) is 0 Å². The van der Waals surface area contributed by atoms with Crippen molar-refractivity contribution in [3.8, 4) is 0 Å². The van der Waals surface area contributed by atoms with Gasteiger partial charge in [0.05, 0.1) is 0 Å². The molecule has 3 amide bonds. The maximum Gasteiger partial charge on any atom is 0.255 e. The lowest BCUT2D eigenvalue weighted by molar-refractivity contribution is 0.102. The first-order chi connectivity index (χ1) is 25.0. The van der Waals surface area contributed by atoms with Crippen molar-refractivity contribution in [3.63, 3.8) is 0 Å². The molecule has 3 N–H and O–H groups in total. The predicted molar refractivity (Wildman–Crippen MR) is 207 cm³/mol. The number of carbonyl (C=O) groups is 3. The molecule has 0 aliphatic heterocycles. The van der Waals surface area contributed by atoms with E-state index in [0.717, 1.165) is 0 Å². The lowest BCUT2D eigenvalue weighted by Gasteiger charge is -2.22. The molecule has 0 aromatic heterocycles. The second-order valence-corrected chi connectivity index (χ2v) is 15.0. The van der Waals surface area contributed by atoms with E-state index in [2.05, 4.69) is 52.3 Å². The largest absolute Gasteiger partial charge is 0.322 e. The zero-order valence-electron chi connectivity index (χ0n) is 29.7. The third kappa shape index (κ3) is 8.97. The highest BCUT2D eigenvalue weighted by atomic mass is 16.2. The van der Waals surface area contributed by atoms with Crippen molar-refractivity contribution in [1.29, 1.82) is 0 Å². The van der Waals surface area contributed by atoms with Crippen molar-refractivity contribution in [2.24, 2.45) is 0 Å². The van der Waals surface area contributed by atoms with E-state index in [-0.39, 0.29) is 34.4 Å².